The van der Waals surface area contributed by atoms with Crippen LogP contribution in [0.5, 0.6) is 0 Å². The second kappa shape index (κ2) is 9.99. The zero-order valence-corrected chi connectivity index (χ0v) is 12.7. The molecule has 0 bridgehead atoms. The fourth-order valence-corrected chi connectivity index (χ4v) is 2.42. The maximum absolute atomic E-state index is 5.44. The lowest BCUT2D eigenvalue weighted by Gasteiger charge is -2.17. The molecule has 0 heterocycles. The molecular formula is C17H29NO. The van der Waals surface area contributed by atoms with E-state index >= 15 is 0 Å². The summed E-state index contributed by atoms with van der Waals surface area (Å²) in [4.78, 5) is 0. The molecule has 1 aromatic rings. The zero-order valence-electron chi connectivity index (χ0n) is 12.7. The van der Waals surface area contributed by atoms with Gasteiger partial charge in [0.25, 0.3) is 0 Å². The van der Waals surface area contributed by atoms with Gasteiger partial charge in [-0.05, 0) is 57.7 Å². The summed E-state index contributed by atoms with van der Waals surface area (Å²) >= 11 is 0. The SMILES string of the molecule is CCNCC(CCCOCC)Cc1cccc(C)c1. The first-order valence-corrected chi connectivity index (χ1v) is 7.60. The highest BCUT2D eigenvalue weighted by Crippen LogP contribution is 2.15. The fourth-order valence-electron chi connectivity index (χ4n) is 2.42. The van der Waals surface area contributed by atoms with E-state index in [1.165, 1.54) is 24.0 Å². The lowest BCUT2D eigenvalue weighted by molar-refractivity contribution is 0.139. The summed E-state index contributed by atoms with van der Waals surface area (Å²) < 4.78 is 5.44. The minimum absolute atomic E-state index is 0.710. The highest BCUT2D eigenvalue weighted by atomic mass is 16.5. The Morgan fingerprint density at radius 3 is 2.79 bits per heavy atom. The third-order valence-electron chi connectivity index (χ3n) is 3.40. The van der Waals surface area contributed by atoms with Crippen LogP contribution in [0.1, 0.15) is 37.8 Å². The van der Waals surface area contributed by atoms with E-state index in [9.17, 15) is 0 Å². The van der Waals surface area contributed by atoms with Gasteiger partial charge < -0.3 is 10.1 Å². The maximum atomic E-state index is 5.44. The molecule has 0 spiro atoms. The van der Waals surface area contributed by atoms with E-state index in [1.807, 2.05) is 0 Å². The van der Waals surface area contributed by atoms with Crippen molar-refractivity contribution in [2.45, 2.75) is 40.0 Å². The Balaban J connectivity index is 2.43. The van der Waals surface area contributed by atoms with Gasteiger partial charge in [-0.25, -0.2) is 0 Å². The van der Waals surface area contributed by atoms with E-state index in [4.69, 9.17) is 4.74 Å². The number of nitrogens with one attached hydrogen (secondary N) is 1. The molecule has 2 heteroatoms. The zero-order chi connectivity index (χ0) is 13.9. The highest BCUT2D eigenvalue weighted by molar-refractivity contribution is 5.22. The molecule has 1 unspecified atom stereocenters. The minimum atomic E-state index is 0.710. The second-order valence-corrected chi connectivity index (χ2v) is 5.21. The molecule has 0 fully saturated rings. The predicted molar refractivity (Wildman–Crippen MR) is 82.6 cm³/mol. The molecule has 0 saturated carbocycles. The van der Waals surface area contributed by atoms with Crippen molar-refractivity contribution in [3.8, 4) is 0 Å². The van der Waals surface area contributed by atoms with Crippen LogP contribution >= 0.6 is 0 Å². The van der Waals surface area contributed by atoms with Gasteiger partial charge in [0.1, 0.15) is 0 Å². The van der Waals surface area contributed by atoms with Gasteiger partial charge in [0.05, 0.1) is 0 Å². The van der Waals surface area contributed by atoms with Crippen LogP contribution in [0, 0.1) is 12.8 Å². The molecule has 1 atom stereocenters. The Bertz CT molecular complexity index is 338. The lowest BCUT2D eigenvalue weighted by Crippen LogP contribution is -2.24. The van der Waals surface area contributed by atoms with E-state index in [0.717, 1.165) is 32.7 Å². The summed E-state index contributed by atoms with van der Waals surface area (Å²) in [7, 11) is 0. The molecule has 1 aromatic carbocycles. The molecule has 1 rings (SSSR count). The highest BCUT2D eigenvalue weighted by Gasteiger charge is 2.09. The van der Waals surface area contributed by atoms with Gasteiger partial charge in [-0.15, -0.1) is 0 Å². The summed E-state index contributed by atoms with van der Waals surface area (Å²) in [6.07, 6.45) is 3.57. The van der Waals surface area contributed by atoms with Gasteiger partial charge in [0.2, 0.25) is 0 Å². The number of ether oxygens (including phenoxy) is 1. The van der Waals surface area contributed by atoms with Crippen molar-refractivity contribution in [2.75, 3.05) is 26.3 Å². The monoisotopic (exact) mass is 263 g/mol. The Labute approximate surface area is 118 Å². The third-order valence-corrected chi connectivity index (χ3v) is 3.40. The summed E-state index contributed by atoms with van der Waals surface area (Å²) in [5.74, 6) is 0.710. The van der Waals surface area contributed by atoms with Crippen molar-refractivity contribution in [1.29, 1.82) is 0 Å². The largest absolute Gasteiger partial charge is 0.382 e. The number of benzene rings is 1. The Hall–Kier alpha value is -0.860. The lowest BCUT2D eigenvalue weighted by atomic mass is 9.94. The molecule has 0 radical (unpaired) electrons. The molecule has 108 valence electrons. The maximum Gasteiger partial charge on any atom is 0.0466 e. The third kappa shape index (κ3) is 7.34. The average Bonchev–Trinajstić information content (AvgIpc) is 2.40. The van der Waals surface area contributed by atoms with Crippen molar-refractivity contribution in [2.24, 2.45) is 5.92 Å². The molecule has 0 aliphatic heterocycles. The van der Waals surface area contributed by atoms with E-state index in [1.54, 1.807) is 0 Å². The Morgan fingerprint density at radius 1 is 1.26 bits per heavy atom. The van der Waals surface area contributed by atoms with Crippen LogP contribution < -0.4 is 5.32 Å². The van der Waals surface area contributed by atoms with Gasteiger partial charge in [-0.1, -0.05) is 36.8 Å². The molecule has 0 aromatic heterocycles. The molecule has 0 aliphatic carbocycles. The molecule has 0 saturated heterocycles. The van der Waals surface area contributed by atoms with Crippen LogP contribution in [-0.4, -0.2) is 26.3 Å². The van der Waals surface area contributed by atoms with Crippen molar-refractivity contribution >= 4 is 0 Å². The first-order valence-electron chi connectivity index (χ1n) is 7.60. The minimum Gasteiger partial charge on any atom is -0.382 e. The quantitative estimate of drug-likeness (QED) is 0.651. The number of rotatable bonds is 10. The van der Waals surface area contributed by atoms with Crippen LogP contribution in [0.2, 0.25) is 0 Å². The van der Waals surface area contributed by atoms with Gasteiger partial charge in [-0.3, -0.25) is 0 Å². The molecule has 2 nitrogen and oxygen atoms in total. The van der Waals surface area contributed by atoms with E-state index in [-0.39, 0.29) is 0 Å². The Kier molecular flexibility index (Phi) is 8.52. The van der Waals surface area contributed by atoms with Gasteiger partial charge >= 0.3 is 0 Å². The normalized spacial score (nSPS) is 12.6. The molecule has 19 heavy (non-hydrogen) atoms. The summed E-state index contributed by atoms with van der Waals surface area (Å²) in [6.45, 7) is 10.3. The van der Waals surface area contributed by atoms with E-state index in [2.05, 4.69) is 50.4 Å². The standard InChI is InChI=1S/C17H29NO/c1-4-18-14-17(10-7-11-19-5-2)13-16-9-6-8-15(3)12-16/h6,8-9,12,17-18H,4-5,7,10-11,13-14H2,1-3H3. The summed E-state index contributed by atoms with van der Waals surface area (Å²) in [6, 6.07) is 8.88. The van der Waals surface area contributed by atoms with Gasteiger partial charge in [0, 0.05) is 13.2 Å². The fraction of sp³-hybridized carbons (Fsp3) is 0.647. The van der Waals surface area contributed by atoms with Crippen LogP contribution in [-0.2, 0) is 11.2 Å². The number of hydrogen-bond acceptors (Lipinski definition) is 2. The van der Waals surface area contributed by atoms with E-state index < -0.39 is 0 Å². The predicted octanol–water partition coefficient (Wildman–Crippen LogP) is 3.58. The van der Waals surface area contributed by atoms with Crippen LogP contribution in [0.3, 0.4) is 0 Å². The van der Waals surface area contributed by atoms with Crippen molar-refractivity contribution in [3.63, 3.8) is 0 Å². The summed E-state index contributed by atoms with van der Waals surface area (Å²) in [5.41, 5.74) is 2.81. The Morgan fingerprint density at radius 2 is 2.11 bits per heavy atom. The second-order valence-electron chi connectivity index (χ2n) is 5.21. The van der Waals surface area contributed by atoms with Crippen LogP contribution in [0.25, 0.3) is 0 Å². The number of aryl methyl sites for hydroxylation is 1. The number of hydrogen-bond donors (Lipinski definition) is 1. The van der Waals surface area contributed by atoms with Gasteiger partial charge in [0.15, 0.2) is 0 Å². The molecule has 1 N–H and O–H groups in total. The first-order chi connectivity index (χ1) is 9.26. The van der Waals surface area contributed by atoms with Crippen LogP contribution in [0.4, 0.5) is 0 Å². The average molecular weight is 263 g/mol. The van der Waals surface area contributed by atoms with Crippen LogP contribution in [0.15, 0.2) is 24.3 Å². The van der Waals surface area contributed by atoms with Crippen molar-refractivity contribution in [3.05, 3.63) is 35.4 Å². The van der Waals surface area contributed by atoms with Crippen molar-refractivity contribution < 1.29 is 4.74 Å². The molecule has 0 amide bonds. The van der Waals surface area contributed by atoms with Crippen molar-refractivity contribution in [1.82, 2.24) is 5.32 Å². The smallest absolute Gasteiger partial charge is 0.0466 e. The summed E-state index contributed by atoms with van der Waals surface area (Å²) in [5, 5.41) is 3.48. The first kappa shape index (κ1) is 16.2. The van der Waals surface area contributed by atoms with E-state index in [0.29, 0.717) is 5.92 Å². The molecule has 0 aliphatic rings. The molecular weight excluding hydrogens is 234 g/mol. The topological polar surface area (TPSA) is 21.3 Å². The van der Waals surface area contributed by atoms with Gasteiger partial charge in [-0.2, -0.15) is 0 Å².